The first kappa shape index (κ1) is 54.2. The number of benzene rings is 2. The van der Waals surface area contributed by atoms with Crippen LogP contribution in [0.2, 0.25) is 0 Å². The number of cyclic esters (lactones) is 2. The predicted octanol–water partition coefficient (Wildman–Crippen LogP) is 5.21. The largest absolute Gasteiger partial charge is 0.481 e. The minimum Gasteiger partial charge on any atom is -0.481 e. The van der Waals surface area contributed by atoms with Crippen LogP contribution in [0.4, 0.5) is 50.7 Å². The van der Waals surface area contributed by atoms with Crippen molar-refractivity contribution in [2.75, 3.05) is 122 Å². The minimum atomic E-state index is -0.748. The number of anilines is 4. The monoisotopic (exact) mass is 982 g/mol. The van der Waals surface area contributed by atoms with E-state index in [4.69, 9.17) is 24.1 Å². The number of rotatable bonds is 12. The molecular formula is C44H64F2N8O11S2. The zero-order valence-corrected chi connectivity index (χ0v) is 41.0. The van der Waals surface area contributed by atoms with Crippen molar-refractivity contribution < 1.29 is 61.6 Å². The Kier molecular flexibility index (Phi) is 20.3. The molecule has 372 valence electrons. The summed E-state index contributed by atoms with van der Waals surface area (Å²) in [4.78, 5) is 78.0. The third-order valence-electron chi connectivity index (χ3n) is 9.95. The molecule has 4 aliphatic rings. The number of piperazine rings is 2. The van der Waals surface area contributed by atoms with Gasteiger partial charge in [0.15, 0.2) is 0 Å². The molecule has 0 spiro atoms. The number of hydrogen-bond acceptors (Lipinski definition) is 15. The van der Waals surface area contributed by atoms with Gasteiger partial charge >= 0.3 is 30.3 Å². The highest BCUT2D eigenvalue weighted by Crippen LogP contribution is 2.30. The summed E-state index contributed by atoms with van der Waals surface area (Å²) in [6.45, 7) is 16.5. The summed E-state index contributed by atoms with van der Waals surface area (Å²) >= 11 is 2.80. The number of nitrogens with one attached hydrogen (secondary N) is 3. The van der Waals surface area contributed by atoms with Crippen LogP contribution in [0.1, 0.15) is 41.5 Å². The number of carboxylic acids is 1. The number of carboxylic acid groups (broad SMARTS) is 1. The van der Waals surface area contributed by atoms with E-state index < -0.39 is 59.6 Å². The van der Waals surface area contributed by atoms with Crippen LogP contribution < -0.4 is 35.6 Å². The lowest BCUT2D eigenvalue weighted by Crippen LogP contribution is -2.49. The zero-order valence-electron chi connectivity index (χ0n) is 39.4. The molecule has 0 radical (unpaired) electrons. The van der Waals surface area contributed by atoms with Crippen LogP contribution in [0.5, 0.6) is 0 Å². The molecule has 0 unspecified atom stereocenters. The fourth-order valence-electron chi connectivity index (χ4n) is 6.98. The quantitative estimate of drug-likeness (QED) is 0.201. The van der Waals surface area contributed by atoms with E-state index in [0.29, 0.717) is 54.7 Å². The molecular weight excluding hydrogens is 919 g/mol. The second-order valence-electron chi connectivity index (χ2n) is 17.6. The summed E-state index contributed by atoms with van der Waals surface area (Å²) in [5.74, 6) is -0.811. The van der Waals surface area contributed by atoms with Gasteiger partial charge in [0.05, 0.1) is 60.4 Å². The van der Waals surface area contributed by atoms with Crippen LogP contribution in [-0.4, -0.2) is 172 Å². The Bertz CT molecular complexity index is 2030. The molecule has 67 heavy (non-hydrogen) atoms. The molecule has 2 aromatic carbocycles. The van der Waals surface area contributed by atoms with Crippen molar-refractivity contribution in [2.45, 2.75) is 65.0 Å². The highest BCUT2D eigenvalue weighted by molar-refractivity contribution is 7.99. The first-order valence-electron chi connectivity index (χ1n) is 21.7. The lowest BCUT2D eigenvalue weighted by Gasteiger charge is -2.36. The van der Waals surface area contributed by atoms with E-state index in [1.54, 1.807) is 77.0 Å². The fourth-order valence-corrected chi connectivity index (χ4v) is 7.66. The number of nitrogens with zero attached hydrogens (tertiary/aromatic N) is 5. The average Bonchev–Trinajstić information content (AvgIpc) is 3.82. The number of alkyl carbamates (subject to hydrolysis) is 2. The number of hydrogen-bond donors (Lipinski definition) is 4. The van der Waals surface area contributed by atoms with Gasteiger partial charge in [0.1, 0.15) is 35.0 Å². The number of ether oxygens (including phenoxy) is 4. The molecule has 0 saturated carbocycles. The van der Waals surface area contributed by atoms with E-state index >= 15 is 0 Å². The van der Waals surface area contributed by atoms with Crippen LogP contribution in [0.25, 0.3) is 0 Å². The van der Waals surface area contributed by atoms with E-state index in [-0.39, 0.29) is 43.7 Å². The van der Waals surface area contributed by atoms with E-state index in [0.717, 1.165) is 26.2 Å². The second kappa shape index (κ2) is 25.1. The van der Waals surface area contributed by atoms with Crippen LogP contribution >= 0.6 is 23.5 Å². The molecule has 4 heterocycles. The van der Waals surface area contributed by atoms with Crippen molar-refractivity contribution in [3.63, 3.8) is 0 Å². The maximum Gasteiger partial charge on any atom is 0.414 e. The number of carbonyl (C=O) groups is 6. The Labute approximate surface area is 398 Å². The van der Waals surface area contributed by atoms with Gasteiger partial charge in [-0.15, -0.1) is 0 Å². The number of halogens is 2. The molecule has 2 atom stereocenters. The van der Waals surface area contributed by atoms with Gasteiger partial charge in [-0.05, 0) is 90.5 Å². The van der Waals surface area contributed by atoms with Gasteiger partial charge in [0.2, 0.25) is 5.91 Å². The van der Waals surface area contributed by atoms with Gasteiger partial charge in [0.25, 0.3) is 0 Å². The predicted molar refractivity (Wildman–Crippen MR) is 255 cm³/mol. The van der Waals surface area contributed by atoms with Gasteiger partial charge in [-0.1, -0.05) is 0 Å². The molecule has 0 bridgehead atoms. The number of carbonyl (C=O) groups excluding carboxylic acids is 5. The molecule has 6 rings (SSSR count). The maximum atomic E-state index is 14.9. The summed E-state index contributed by atoms with van der Waals surface area (Å²) in [6, 6.07) is 9.38. The number of amides is 5. The SMILES string of the molecule is CC(C)(C)OC(=O)NC[C@H]1CN(c2ccc(N3CCNCC3)c(F)c2)C(=O)O1.CSCC(=O)N1CCN(c2ccc(N3C[C@H](CNC(=O)OC(C)(C)C)OC3=O)cc2F)CC1.CSCC(=O)O. The lowest BCUT2D eigenvalue weighted by atomic mass is 10.2. The molecule has 4 N–H and O–H groups in total. The number of aliphatic carboxylic acids is 1. The van der Waals surface area contributed by atoms with Crippen molar-refractivity contribution >= 4 is 82.5 Å². The number of thioether (sulfide) groups is 2. The Morgan fingerprint density at radius 1 is 0.701 bits per heavy atom. The zero-order chi connectivity index (χ0) is 49.5. The summed E-state index contributed by atoms with van der Waals surface area (Å²) in [5.41, 5.74) is 0.549. The molecule has 0 aromatic heterocycles. The van der Waals surface area contributed by atoms with Crippen LogP contribution in [0, 0.1) is 11.6 Å². The minimum absolute atomic E-state index is 0.0945. The van der Waals surface area contributed by atoms with E-state index in [2.05, 4.69) is 16.0 Å². The maximum absolute atomic E-state index is 14.9. The lowest BCUT2D eigenvalue weighted by molar-refractivity contribution is -0.134. The van der Waals surface area contributed by atoms with Crippen LogP contribution in [0.3, 0.4) is 0 Å². The molecule has 0 aliphatic carbocycles. The molecule has 4 saturated heterocycles. The molecule has 4 fully saturated rings. The van der Waals surface area contributed by atoms with E-state index in [9.17, 15) is 37.5 Å². The Hall–Kier alpha value is -5.42. The highest BCUT2D eigenvalue weighted by Gasteiger charge is 2.35. The molecule has 19 nitrogen and oxygen atoms in total. The highest BCUT2D eigenvalue weighted by atomic mass is 32.2. The molecule has 4 aliphatic heterocycles. The fraction of sp³-hybridized carbons (Fsp3) is 0.591. The normalized spacial score (nSPS) is 18.4. The van der Waals surface area contributed by atoms with Gasteiger partial charge in [-0.25, -0.2) is 28.0 Å². The van der Waals surface area contributed by atoms with Crippen molar-refractivity contribution in [3.05, 3.63) is 48.0 Å². The van der Waals surface area contributed by atoms with Crippen molar-refractivity contribution in [1.29, 1.82) is 0 Å². The van der Waals surface area contributed by atoms with E-state index in [1.807, 2.05) is 16.1 Å². The van der Waals surface area contributed by atoms with Crippen molar-refractivity contribution in [2.24, 2.45) is 0 Å². The van der Waals surface area contributed by atoms with Crippen molar-refractivity contribution in [1.82, 2.24) is 20.9 Å². The molecule has 23 heteroatoms. The van der Waals surface area contributed by atoms with Crippen LogP contribution in [0.15, 0.2) is 36.4 Å². The third-order valence-corrected chi connectivity index (χ3v) is 11.0. The summed E-state index contributed by atoms with van der Waals surface area (Å²) in [6.07, 6.45) is 0.214. The summed E-state index contributed by atoms with van der Waals surface area (Å²) < 4.78 is 50.4. The summed E-state index contributed by atoms with van der Waals surface area (Å²) in [5, 5.41) is 16.3. The smallest absolute Gasteiger partial charge is 0.414 e. The molecule has 5 amide bonds. The summed E-state index contributed by atoms with van der Waals surface area (Å²) in [7, 11) is 0. The first-order valence-corrected chi connectivity index (χ1v) is 24.5. The van der Waals surface area contributed by atoms with Gasteiger partial charge in [-0.3, -0.25) is 19.4 Å². The van der Waals surface area contributed by atoms with Gasteiger partial charge in [-0.2, -0.15) is 23.5 Å². The van der Waals surface area contributed by atoms with E-state index in [1.165, 1.54) is 45.5 Å². The Morgan fingerprint density at radius 3 is 1.48 bits per heavy atom. The Morgan fingerprint density at radius 2 is 1.12 bits per heavy atom. The molecule has 2 aromatic rings. The third kappa shape index (κ3) is 17.6. The Balaban J connectivity index is 0.000000263. The van der Waals surface area contributed by atoms with Gasteiger partial charge < -0.3 is 54.7 Å². The standard InChI is InChI=1S/C22H31FN4O5S.C19H27FN4O4.C3H6O2S/c1-22(2,3)32-20(29)24-12-16-13-27(21(30)31-16)15-5-6-18(17(23)11-15)25-7-9-26(10-8-25)19(28)14-33-4;1-19(2,3)28-17(25)22-11-14-12-24(18(26)27-14)13-4-5-16(15(20)10-13)23-8-6-21-7-9-23;1-6-2-3(4)5/h5-6,11,16H,7-10,12-14H2,1-4H3,(H,24,29);4-5,10,14,21H,6-9,11-12H2,1-3H3,(H,22,25);2H2,1H3,(H,4,5)/t16-;14-;/m00./s1. The first-order chi connectivity index (χ1) is 31.6. The van der Waals surface area contributed by atoms with Crippen LogP contribution in [-0.2, 0) is 28.5 Å². The average molecular weight is 983 g/mol. The second-order valence-corrected chi connectivity index (χ2v) is 19.4. The van der Waals surface area contributed by atoms with Crippen molar-refractivity contribution in [3.8, 4) is 0 Å². The topological polar surface area (TPSA) is 212 Å². The van der Waals surface area contributed by atoms with Gasteiger partial charge in [0, 0.05) is 52.4 Å².